The second kappa shape index (κ2) is 5.87. The van der Waals surface area contributed by atoms with Crippen molar-refractivity contribution in [2.45, 2.75) is 25.9 Å². The standard InChI is InChI=1S/C15H19BrN4O/c1-15(2)10-17-7-8-20(15)9-13-18-19-14(21-13)11-3-5-12(16)6-4-11/h3-6,17H,7-10H2,1-2H3. The Kier molecular flexibility index (Phi) is 4.10. The molecular weight excluding hydrogens is 332 g/mol. The fraction of sp³-hybridized carbons (Fsp3) is 0.467. The van der Waals surface area contributed by atoms with E-state index >= 15 is 0 Å². The lowest BCUT2D eigenvalue weighted by Gasteiger charge is -2.42. The Bertz CT molecular complexity index is 608. The highest BCUT2D eigenvalue weighted by molar-refractivity contribution is 9.10. The van der Waals surface area contributed by atoms with Gasteiger partial charge in [-0.15, -0.1) is 10.2 Å². The molecule has 1 saturated heterocycles. The summed E-state index contributed by atoms with van der Waals surface area (Å²) in [6.45, 7) is 8.11. The van der Waals surface area contributed by atoms with Crippen LogP contribution in [0.4, 0.5) is 0 Å². The predicted octanol–water partition coefficient (Wildman–Crippen LogP) is 2.68. The van der Waals surface area contributed by atoms with Crippen molar-refractivity contribution in [1.82, 2.24) is 20.4 Å². The second-order valence-corrected chi connectivity index (χ2v) is 6.83. The Hall–Kier alpha value is -1.24. The van der Waals surface area contributed by atoms with Gasteiger partial charge in [0.05, 0.1) is 6.54 Å². The molecule has 0 atom stereocenters. The van der Waals surface area contributed by atoms with E-state index in [4.69, 9.17) is 4.42 Å². The zero-order chi connectivity index (χ0) is 14.9. The summed E-state index contributed by atoms with van der Waals surface area (Å²) < 4.78 is 6.84. The summed E-state index contributed by atoms with van der Waals surface area (Å²) >= 11 is 3.42. The number of aromatic nitrogens is 2. The average molecular weight is 351 g/mol. The maximum absolute atomic E-state index is 5.81. The Morgan fingerprint density at radius 3 is 2.76 bits per heavy atom. The fourth-order valence-corrected chi connectivity index (χ4v) is 2.77. The van der Waals surface area contributed by atoms with Gasteiger partial charge < -0.3 is 9.73 Å². The molecule has 1 aliphatic heterocycles. The molecule has 0 saturated carbocycles. The van der Waals surface area contributed by atoms with Crippen LogP contribution >= 0.6 is 15.9 Å². The summed E-state index contributed by atoms with van der Waals surface area (Å²) in [6.07, 6.45) is 0. The van der Waals surface area contributed by atoms with Gasteiger partial charge in [-0.2, -0.15) is 0 Å². The van der Waals surface area contributed by atoms with Crippen molar-refractivity contribution in [2.75, 3.05) is 19.6 Å². The van der Waals surface area contributed by atoms with Crippen molar-refractivity contribution in [3.8, 4) is 11.5 Å². The number of hydrogen-bond acceptors (Lipinski definition) is 5. The zero-order valence-corrected chi connectivity index (χ0v) is 13.9. The summed E-state index contributed by atoms with van der Waals surface area (Å²) in [7, 11) is 0. The highest BCUT2D eigenvalue weighted by atomic mass is 79.9. The van der Waals surface area contributed by atoms with Crippen LogP contribution in [0.5, 0.6) is 0 Å². The maximum Gasteiger partial charge on any atom is 0.247 e. The summed E-state index contributed by atoms with van der Waals surface area (Å²) in [4.78, 5) is 2.38. The molecule has 1 N–H and O–H groups in total. The van der Waals surface area contributed by atoms with Crippen LogP contribution in [-0.4, -0.2) is 40.3 Å². The zero-order valence-electron chi connectivity index (χ0n) is 12.3. The lowest BCUT2D eigenvalue weighted by molar-refractivity contribution is 0.0737. The molecule has 0 bridgehead atoms. The lowest BCUT2D eigenvalue weighted by atomic mass is 10.0. The topological polar surface area (TPSA) is 54.2 Å². The molecule has 0 aliphatic carbocycles. The first-order chi connectivity index (χ1) is 10.0. The summed E-state index contributed by atoms with van der Waals surface area (Å²) in [5, 5.41) is 11.8. The predicted molar refractivity (Wildman–Crippen MR) is 84.8 cm³/mol. The van der Waals surface area contributed by atoms with Crippen LogP contribution in [0, 0.1) is 0 Å². The van der Waals surface area contributed by atoms with Gasteiger partial charge in [0.25, 0.3) is 0 Å². The van der Waals surface area contributed by atoms with E-state index in [2.05, 4.69) is 50.2 Å². The molecule has 1 aliphatic rings. The van der Waals surface area contributed by atoms with Gasteiger partial charge in [0.2, 0.25) is 11.8 Å². The quantitative estimate of drug-likeness (QED) is 0.922. The number of nitrogens with one attached hydrogen (secondary N) is 1. The molecule has 21 heavy (non-hydrogen) atoms. The van der Waals surface area contributed by atoms with Gasteiger partial charge in [0.15, 0.2) is 0 Å². The Balaban J connectivity index is 1.74. The van der Waals surface area contributed by atoms with Crippen molar-refractivity contribution in [3.63, 3.8) is 0 Å². The smallest absolute Gasteiger partial charge is 0.247 e. The SMILES string of the molecule is CC1(C)CNCCN1Cc1nnc(-c2ccc(Br)cc2)o1. The van der Waals surface area contributed by atoms with Crippen molar-refractivity contribution in [3.05, 3.63) is 34.6 Å². The van der Waals surface area contributed by atoms with Gasteiger partial charge >= 0.3 is 0 Å². The summed E-state index contributed by atoms with van der Waals surface area (Å²) in [6, 6.07) is 7.88. The van der Waals surface area contributed by atoms with E-state index < -0.39 is 0 Å². The minimum absolute atomic E-state index is 0.102. The van der Waals surface area contributed by atoms with Gasteiger partial charge in [0.1, 0.15) is 0 Å². The highest BCUT2D eigenvalue weighted by Gasteiger charge is 2.30. The monoisotopic (exact) mass is 350 g/mol. The van der Waals surface area contributed by atoms with Crippen molar-refractivity contribution in [2.24, 2.45) is 0 Å². The van der Waals surface area contributed by atoms with Crippen LogP contribution in [0.2, 0.25) is 0 Å². The van der Waals surface area contributed by atoms with Crippen molar-refractivity contribution < 1.29 is 4.42 Å². The molecule has 2 heterocycles. The molecular formula is C15H19BrN4O. The molecule has 0 amide bonds. The average Bonchev–Trinajstić information content (AvgIpc) is 2.90. The van der Waals surface area contributed by atoms with Gasteiger partial charge in [0, 0.05) is 35.2 Å². The van der Waals surface area contributed by atoms with E-state index in [0.717, 1.165) is 29.7 Å². The number of rotatable bonds is 3. The van der Waals surface area contributed by atoms with Gasteiger partial charge in [-0.1, -0.05) is 15.9 Å². The number of nitrogens with zero attached hydrogens (tertiary/aromatic N) is 3. The number of hydrogen-bond donors (Lipinski definition) is 1. The number of benzene rings is 1. The van der Waals surface area contributed by atoms with Crippen LogP contribution in [0.25, 0.3) is 11.5 Å². The molecule has 1 aromatic heterocycles. The minimum Gasteiger partial charge on any atom is -0.419 e. The molecule has 1 fully saturated rings. The van der Waals surface area contributed by atoms with Crippen molar-refractivity contribution in [1.29, 1.82) is 0 Å². The lowest BCUT2D eigenvalue weighted by Crippen LogP contribution is -2.57. The van der Waals surface area contributed by atoms with Crippen LogP contribution in [0.3, 0.4) is 0 Å². The van der Waals surface area contributed by atoms with Gasteiger partial charge in [-0.25, -0.2) is 0 Å². The van der Waals surface area contributed by atoms with Crippen LogP contribution in [-0.2, 0) is 6.54 Å². The first kappa shape index (κ1) is 14.7. The molecule has 112 valence electrons. The van der Waals surface area contributed by atoms with E-state index in [9.17, 15) is 0 Å². The van der Waals surface area contributed by atoms with Crippen LogP contribution in [0.1, 0.15) is 19.7 Å². The third kappa shape index (κ3) is 3.33. The Labute approximate surface area is 132 Å². The normalized spacial score (nSPS) is 18.8. The van der Waals surface area contributed by atoms with Crippen molar-refractivity contribution >= 4 is 15.9 Å². The molecule has 3 rings (SSSR count). The molecule has 6 heteroatoms. The van der Waals surface area contributed by atoms with Crippen LogP contribution < -0.4 is 5.32 Å². The van der Waals surface area contributed by atoms with E-state index in [-0.39, 0.29) is 5.54 Å². The highest BCUT2D eigenvalue weighted by Crippen LogP contribution is 2.23. The maximum atomic E-state index is 5.81. The molecule has 1 aromatic carbocycles. The second-order valence-electron chi connectivity index (χ2n) is 5.92. The molecule has 0 radical (unpaired) electrons. The van der Waals surface area contributed by atoms with E-state index in [0.29, 0.717) is 18.3 Å². The van der Waals surface area contributed by atoms with Crippen LogP contribution in [0.15, 0.2) is 33.2 Å². The molecule has 0 unspecified atom stereocenters. The first-order valence-corrected chi connectivity index (χ1v) is 7.88. The number of halogens is 1. The van der Waals surface area contributed by atoms with E-state index in [1.54, 1.807) is 0 Å². The Morgan fingerprint density at radius 1 is 1.29 bits per heavy atom. The summed E-state index contributed by atoms with van der Waals surface area (Å²) in [5.41, 5.74) is 1.04. The Morgan fingerprint density at radius 2 is 2.05 bits per heavy atom. The third-order valence-electron chi connectivity index (χ3n) is 3.86. The van der Waals surface area contributed by atoms with E-state index in [1.807, 2.05) is 24.3 Å². The summed E-state index contributed by atoms with van der Waals surface area (Å²) in [5.74, 6) is 1.24. The van der Waals surface area contributed by atoms with Gasteiger partial charge in [-0.3, -0.25) is 4.90 Å². The fourth-order valence-electron chi connectivity index (χ4n) is 2.51. The first-order valence-electron chi connectivity index (χ1n) is 7.09. The third-order valence-corrected chi connectivity index (χ3v) is 4.38. The molecule has 2 aromatic rings. The number of piperazine rings is 1. The molecule has 0 spiro atoms. The van der Waals surface area contributed by atoms with Gasteiger partial charge in [-0.05, 0) is 38.1 Å². The largest absolute Gasteiger partial charge is 0.419 e. The minimum atomic E-state index is 0.102. The molecule has 5 nitrogen and oxygen atoms in total. The van der Waals surface area contributed by atoms with E-state index in [1.165, 1.54) is 0 Å².